The van der Waals surface area contributed by atoms with E-state index in [1.165, 1.54) is 5.56 Å². The van der Waals surface area contributed by atoms with Gasteiger partial charge in [0.2, 0.25) is 10.0 Å². The van der Waals surface area contributed by atoms with Gasteiger partial charge in [0.05, 0.1) is 16.0 Å². The summed E-state index contributed by atoms with van der Waals surface area (Å²) >= 11 is 10.1. The summed E-state index contributed by atoms with van der Waals surface area (Å²) in [6, 6.07) is 11.1. The van der Waals surface area contributed by atoms with Crippen LogP contribution in [0.1, 0.15) is 67.4 Å². The van der Waals surface area contributed by atoms with E-state index in [2.05, 4.69) is 9.62 Å². The number of allylic oxidation sites excluding steroid dienone is 1. The Kier molecular flexibility index (Phi) is 10.6. The van der Waals surface area contributed by atoms with Crippen LogP contribution in [0.5, 0.6) is 5.75 Å². The summed E-state index contributed by atoms with van der Waals surface area (Å²) in [5.41, 5.74) is 2.31. The zero-order valence-corrected chi connectivity index (χ0v) is 29.8. The number of carbonyl (C=O) groups is 1. The third kappa shape index (κ3) is 7.56. The number of aliphatic hydroxyl groups is 1. The Balaban J connectivity index is 1.41. The molecule has 1 saturated heterocycles. The highest BCUT2D eigenvalue weighted by molar-refractivity contribution is 8.17. The highest BCUT2D eigenvalue weighted by Gasteiger charge is 2.51. The van der Waals surface area contributed by atoms with E-state index in [0.717, 1.165) is 67.8 Å². The van der Waals surface area contributed by atoms with Crippen LogP contribution in [0, 0.1) is 23.7 Å². The van der Waals surface area contributed by atoms with Crippen molar-refractivity contribution in [3.63, 3.8) is 0 Å². The molecule has 0 aromatic heterocycles. The summed E-state index contributed by atoms with van der Waals surface area (Å²) in [6.07, 6.45) is 9.89. The van der Waals surface area contributed by atoms with Gasteiger partial charge in [-0.2, -0.15) is 0 Å². The van der Waals surface area contributed by atoms with Gasteiger partial charge in [-0.25, -0.2) is 13.1 Å². The van der Waals surface area contributed by atoms with E-state index in [4.69, 9.17) is 16.3 Å². The molecule has 46 heavy (non-hydrogen) atoms. The van der Waals surface area contributed by atoms with E-state index < -0.39 is 21.5 Å². The van der Waals surface area contributed by atoms with Crippen LogP contribution in [0.2, 0.25) is 5.02 Å². The van der Waals surface area contributed by atoms with E-state index in [9.17, 15) is 18.3 Å². The molecule has 7 nitrogen and oxygen atoms in total. The lowest BCUT2D eigenvalue weighted by molar-refractivity contribution is -0.0333. The van der Waals surface area contributed by atoms with Gasteiger partial charge in [-0.15, -0.1) is 23.5 Å². The van der Waals surface area contributed by atoms with Crippen LogP contribution in [0.15, 0.2) is 48.6 Å². The van der Waals surface area contributed by atoms with Crippen molar-refractivity contribution in [3.05, 3.63) is 70.3 Å². The van der Waals surface area contributed by atoms with Crippen molar-refractivity contribution >= 4 is 56.7 Å². The molecular weight excluding hydrogens is 660 g/mol. The molecule has 1 aliphatic carbocycles. The summed E-state index contributed by atoms with van der Waals surface area (Å²) in [6.45, 7) is 5.70. The standard InChI is InChI=1S/C35H45ClN2O5S3/c1-23-13-14-35(40,34-44-16-5-17-45-34)30-11-8-27(30)20-38-15-4-3-6-25-18-29(36)10-7-28(25)21-43-32-12-9-26(19-31(32)38)33(39)37-46(41,42)22-24(23)2/h7,9-10,12-14,18-19,23-24,27,30,34,40H,3-6,8,11,15-17,20-22H2,1-2H3,(H,37,39)/b14-13+/t23-,24+,27-,30+,35-/m0/s1. The lowest BCUT2D eigenvalue weighted by Crippen LogP contribution is -2.54. The van der Waals surface area contributed by atoms with Gasteiger partial charge in [0.15, 0.2) is 0 Å². The number of hydrogen-bond acceptors (Lipinski definition) is 8. The molecule has 0 radical (unpaired) electrons. The van der Waals surface area contributed by atoms with Crippen molar-refractivity contribution in [2.24, 2.45) is 23.7 Å². The molecule has 2 aromatic carbocycles. The molecular formula is C35H45ClN2O5S3. The van der Waals surface area contributed by atoms with Crippen LogP contribution in [0.4, 0.5) is 5.69 Å². The minimum absolute atomic E-state index is 0.0322. The zero-order chi connectivity index (χ0) is 32.5. The van der Waals surface area contributed by atoms with Crippen molar-refractivity contribution in [1.82, 2.24) is 4.72 Å². The van der Waals surface area contributed by atoms with Crippen molar-refractivity contribution in [1.29, 1.82) is 0 Å². The van der Waals surface area contributed by atoms with Crippen LogP contribution in [0.3, 0.4) is 0 Å². The Morgan fingerprint density at radius 1 is 1.04 bits per heavy atom. The third-order valence-corrected chi connectivity index (χ3v) is 15.1. The fraction of sp³-hybridized carbons (Fsp3) is 0.571. The highest BCUT2D eigenvalue weighted by atomic mass is 35.5. The Morgan fingerprint density at radius 3 is 2.61 bits per heavy atom. The molecule has 6 rings (SSSR count). The first-order chi connectivity index (χ1) is 22.0. The van der Waals surface area contributed by atoms with Gasteiger partial charge >= 0.3 is 0 Å². The Bertz CT molecular complexity index is 1560. The van der Waals surface area contributed by atoms with Crippen molar-refractivity contribution in [2.45, 2.75) is 69.2 Å². The maximum absolute atomic E-state index is 13.4. The molecule has 3 aliphatic heterocycles. The minimum Gasteiger partial charge on any atom is -0.487 e. The summed E-state index contributed by atoms with van der Waals surface area (Å²) in [7, 11) is -3.91. The van der Waals surface area contributed by atoms with Crippen LogP contribution in [-0.2, 0) is 23.1 Å². The summed E-state index contributed by atoms with van der Waals surface area (Å²) < 4.78 is 35.2. The molecule has 0 unspecified atom stereocenters. The Morgan fingerprint density at radius 2 is 1.85 bits per heavy atom. The maximum atomic E-state index is 13.4. The molecule has 2 fully saturated rings. The van der Waals surface area contributed by atoms with E-state index in [1.807, 2.05) is 67.7 Å². The fourth-order valence-corrected chi connectivity index (χ4v) is 12.0. The van der Waals surface area contributed by atoms with Crippen LogP contribution >= 0.6 is 35.1 Å². The third-order valence-electron chi connectivity index (χ3n) is 10.2. The number of thioether (sulfide) groups is 2. The molecule has 1 amide bonds. The van der Waals surface area contributed by atoms with Gasteiger partial charge in [-0.1, -0.05) is 43.7 Å². The van der Waals surface area contributed by atoms with Gasteiger partial charge in [-0.05, 0) is 115 Å². The van der Waals surface area contributed by atoms with Crippen molar-refractivity contribution in [2.75, 3.05) is 35.2 Å². The summed E-state index contributed by atoms with van der Waals surface area (Å²) in [5.74, 6) is 1.86. The number of hydrogen-bond donors (Lipinski definition) is 2. The second kappa shape index (κ2) is 14.3. The SMILES string of the molecule is C[C@@H]1CS(=O)(=O)NC(=O)c2ccc3c(c2)N(CCCCc2cc(Cl)ccc2CO3)C[C@@H]2CC[C@H]2[C@](O)(C2SCCCS2)/C=C/[C@@H]1C. The van der Waals surface area contributed by atoms with Crippen LogP contribution in [-0.4, -0.2) is 60.0 Å². The molecule has 4 aliphatic rings. The van der Waals surface area contributed by atoms with Gasteiger partial charge in [0, 0.05) is 23.7 Å². The molecule has 1 saturated carbocycles. The first kappa shape index (κ1) is 34.0. The molecule has 3 heterocycles. The number of amides is 1. The number of nitrogens with zero attached hydrogens (tertiary/aromatic N) is 1. The van der Waals surface area contributed by atoms with Gasteiger partial charge in [-0.3, -0.25) is 4.79 Å². The number of aryl methyl sites for hydroxylation is 1. The first-order valence-electron chi connectivity index (χ1n) is 16.5. The van der Waals surface area contributed by atoms with Crippen LogP contribution in [0.25, 0.3) is 0 Å². The van der Waals surface area contributed by atoms with E-state index in [-0.39, 0.29) is 39.6 Å². The van der Waals surface area contributed by atoms with Gasteiger partial charge < -0.3 is 14.7 Å². The predicted octanol–water partition coefficient (Wildman–Crippen LogP) is 6.92. The van der Waals surface area contributed by atoms with E-state index in [1.54, 1.807) is 18.2 Å². The largest absolute Gasteiger partial charge is 0.487 e. The van der Waals surface area contributed by atoms with Crippen molar-refractivity contribution < 1.29 is 23.1 Å². The second-order valence-electron chi connectivity index (χ2n) is 13.5. The maximum Gasteiger partial charge on any atom is 0.264 e. The zero-order valence-electron chi connectivity index (χ0n) is 26.6. The normalized spacial score (nSPS) is 31.6. The number of ether oxygens (including phenoxy) is 1. The van der Waals surface area contributed by atoms with Gasteiger partial charge in [0.25, 0.3) is 5.91 Å². The topological polar surface area (TPSA) is 95.9 Å². The van der Waals surface area contributed by atoms with E-state index >= 15 is 0 Å². The molecule has 250 valence electrons. The molecule has 11 heteroatoms. The second-order valence-corrected chi connectivity index (χ2v) is 18.4. The number of nitrogens with one attached hydrogen (secondary N) is 1. The monoisotopic (exact) mass is 704 g/mol. The number of anilines is 1. The molecule has 5 atom stereocenters. The number of benzene rings is 2. The summed E-state index contributed by atoms with van der Waals surface area (Å²) in [4.78, 5) is 15.7. The number of fused-ring (bicyclic) bond motifs is 3. The number of halogens is 1. The fourth-order valence-electron chi connectivity index (χ4n) is 7.13. The molecule has 2 bridgehead atoms. The molecule has 2 aromatic rings. The first-order valence-corrected chi connectivity index (χ1v) is 20.6. The minimum atomic E-state index is -3.91. The Labute approximate surface area is 287 Å². The molecule has 0 spiro atoms. The number of carbonyl (C=O) groups excluding carboxylic acids is 1. The predicted molar refractivity (Wildman–Crippen MR) is 191 cm³/mol. The van der Waals surface area contributed by atoms with E-state index in [0.29, 0.717) is 23.9 Å². The Hall–Kier alpha value is -1.85. The average Bonchev–Trinajstić information content (AvgIpc) is 3.04. The van der Waals surface area contributed by atoms with Gasteiger partial charge in [0.1, 0.15) is 18.0 Å². The van der Waals surface area contributed by atoms with Crippen LogP contribution < -0.4 is 14.4 Å². The van der Waals surface area contributed by atoms with Crippen molar-refractivity contribution in [3.8, 4) is 5.75 Å². The number of sulfonamides is 1. The molecule has 2 N–H and O–H groups in total. The average molecular weight is 705 g/mol. The number of rotatable bonds is 1. The summed E-state index contributed by atoms with van der Waals surface area (Å²) in [5, 5.41) is 13.3. The quantitative estimate of drug-likeness (QED) is 0.309. The lowest BCUT2D eigenvalue weighted by Gasteiger charge is -2.51. The smallest absolute Gasteiger partial charge is 0.264 e. The lowest BCUT2D eigenvalue weighted by atomic mass is 9.64. The highest BCUT2D eigenvalue weighted by Crippen LogP contribution is 2.52.